The van der Waals surface area contributed by atoms with E-state index in [1.807, 2.05) is 0 Å². The van der Waals surface area contributed by atoms with Crippen molar-refractivity contribution in [2.45, 2.75) is 32.6 Å². The molecule has 0 aromatic carbocycles. The van der Waals surface area contributed by atoms with E-state index in [9.17, 15) is 0 Å². The van der Waals surface area contributed by atoms with Gasteiger partial charge in [-0.25, -0.2) is 0 Å². The van der Waals surface area contributed by atoms with Crippen LogP contribution in [-0.4, -0.2) is 16.8 Å². The Morgan fingerprint density at radius 1 is 1.42 bits per heavy atom. The Morgan fingerprint density at radius 2 is 1.83 bits per heavy atom. The van der Waals surface area contributed by atoms with Crippen molar-refractivity contribution in [1.82, 2.24) is 0 Å². The summed E-state index contributed by atoms with van der Waals surface area (Å²) in [6.45, 7) is 3.07. The molecule has 0 saturated heterocycles. The molecule has 0 heterocycles. The first-order chi connectivity index (χ1) is 5.15. The van der Waals surface area contributed by atoms with E-state index in [-0.39, 0.29) is 19.5 Å². The summed E-state index contributed by atoms with van der Waals surface area (Å²) in [6.07, 6.45) is 5.16. The monoisotopic (exact) mass is 266 g/mol. The molecule has 0 aliphatic carbocycles. The van der Waals surface area contributed by atoms with Crippen LogP contribution in [0.3, 0.4) is 0 Å². The molecule has 0 amide bonds. The molecule has 12 heavy (non-hydrogen) atoms. The van der Waals surface area contributed by atoms with Crippen molar-refractivity contribution in [3.8, 4) is 0 Å². The minimum absolute atomic E-state index is 0. The van der Waals surface area contributed by atoms with Crippen LogP contribution in [-0.2, 0) is 19.5 Å². The molecule has 0 atom stereocenters. The zero-order chi connectivity index (χ0) is 9.11. The van der Waals surface area contributed by atoms with Crippen LogP contribution in [0, 0.1) is 10.1 Å². The molecule has 5 nitrogen and oxygen atoms in total. The van der Waals surface area contributed by atoms with Crippen molar-refractivity contribution in [2.75, 3.05) is 6.54 Å². The van der Waals surface area contributed by atoms with Crippen LogP contribution in [0.5, 0.6) is 0 Å². The predicted molar refractivity (Wildman–Crippen MR) is 42.0 cm³/mol. The second kappa shape index (κ2) is 17.0. The molecule has 0 saturated carbocycles. The van der Waals surface area contributed by atoms with E-state index < -0.39 is 5.09 Å². The Balaban J connectivity index is -0.000000142. The molecule has 0 aromatic heterocycles. The van der Waals surface area contributed by atoms with Crippen molar-refractivity contribution in [3.63, 3.8) is 0 Å². The van der Waals surface area contributed by atoms with Crippen LogP contribution >= 0.6 is 0 Å². The molecule has 0 aliphatic rings. The van der Waals surface area contributed by atoms with Gasteiger partial charge < -0.3 is 10.9 Å². The third-order valence-electron chi connectivity index (χ3n) is 1.06. The first kappa shape index (κ1) is 17.8. The Kier molecular flexibility index (Phi) is 25.2. The molecule has 3 N–H and O–H groups in total. The molecule has 0 radical (unpaired) electrons. The summed E-state index contributed by atoms with van der Waals surface area (Å²) < 4.78 is 0. The molecule has 0 spiro atoms. The molecule has 6 heteroatoms. The largest absolute Gasteiger partial charge is 0.330 e. The van der Waals surface area contributed by atoms with Gasteiger partial charge in [-0.05, 0) is 13.0 Å². The van der Waals surface area contributed by atoms with Gasteiger partial charge in [-0.2, -0.15) is 0 Å². The number of nitrogens with two attached hydrogens (primary N) is 1. The minimum Gasteiger partial charge on any atom is -0.330 e. The first-order valence-corrected chi connectivity index (χ1v) is 3.68. The van der Waals surface area contributed by atoms with Crippen LogP contribution in [0.15, 0.2) is 0 Å². The summed E-state index contributed by atoms with van der Waals surface area (Å²) >= 11 is 0. The van der Waals surface area contributed by atoms with Gasteiger partial charge in [-0.3, -0.25) is 0 Å². The third kappa shape index (κ3) is 52.7. The quantitative estimate of drug-likeness (QED) is 0.345. The zero-order valence-electron chi connectivity index (χ0n) is 7.18. The SMILES string of the molecule is CCCCCCN.O=[N+]([O-])O.[Ru]. The average Bonchev–Trinajstić information content (AvgIpc) is 1.88. The number of hydrogen-bond acceptors (Lipinski definition) is 3. The minimum atomic E-state index is -1.50. The fraction of sp³-hybridized carbons (Fsp3) is 1.00. The van der Waals surface area contributed by atoms with Crippen molar-refractivity contribution < 1.29 is 29.8 Å². The summed E-state index contributed by atoms with van der Waals surface area (Å²) in [4.78, 5) is 8.36. The summed E-state index contributed by atoms with van der Waals surface area (Å²) in [6, 6.07) is 0. The number of nitrogens with zero attached hydrogens (tertiary/aromatic N) is 1. The summed E-state index contributed by atoms with van der Waals surface area (Å²) in [5, 5.41) is 13.6. The molecule has 0 aliphatic heterocycles. The Hall–Kier alpha value is -0.217. The van der Waals surface area contributed by atoms with Crippen LogP contribution in [0.1, 0.15) is 32.6 Å². The van der Waals surface area contributed by atoms with Gasteiger partial charge in [0.25, 0.3) is 5.09 Å². The first-order valence-electron chi connectivity index (χ1n) is 3.68. The van der Waals surface area contributed by atoms with Crippen molar-refractivity contribution in [3.05, 3.63) is 10.1 Å². The fourth-order valence-corrected chi connectivity index (χ4v) is 0.571. The van der Waals surface area contributed by atoms with E-state index in [1.165, 1.54) is 25.7 Å². The molecule has 0 fully saturated rings. The number of rotatable bonds is 4. The molecule has 0 rings (SSSR count). The summed E-state index contributed by atoms with van der Waals surface area (Å²) in [5.41, 5.74) is 5.27. The zero-order valence-corrected chi connectivity index (χ0v) is 8.92. The van der Waals surface area contributed by atoms with E-state index >= 15 is 0 Å². The average molecular weight is 265 g/mol. The Morgan fingerprint density at radius 3 is 2.08 bits per heavy atom. The van der Waals surface area contributed by atoms with Crippen LogP contribution in [0.4, 0.5) is 0 Å². The molecular weight excluding hydrogens is 249 g/mol. The van der Waals surface area contributed by atoms with Crippen molar-refractivity contribution in [1.29, 1.82) is 0 Å². The molecule has 0 aromatic rings. The van der Waals surface area contributed by atoms with Crippen LogP contribution in [0.2, 0.25) is 0 Å². The van der Waals surface area contributed by atoms with E-state index in [1.54, 1.807) is 0 Å². The van der Waals surface area contributed by atoms with E-state index in [4.69, 9.17) is 21.1 Å². The van der Waals surface area contributed by atoms with Gasteiger partial charge in [-0.1, -0.05) is 26.2 Å². The van der Waals surface area contributed by atoms with Gasteiger partial charge in [0, 0.05) is 19.5 Å². The smallest absolute Gasteiger partial charge is 0.291 e. The number of hydrogen-bond donors (Lipinski definition) is 2. The number of unbranched alkanes of at least 4 members (excludes halogenated alkanes) is 3. The van der Waals surface area contributed by atoms with Crippen molar-refractivity contribution >= 4 is 0 Å². The Bertz CT molecular complexity index is 84.9. The fourth-order valence-electron chi connectivity index (χ4n) is 0.571. The normalized spacial score (nSPS) is 7.50. The van der Waals surface area contributed by atoms with Gasteiger partial charge in [-0.15, -0.1) is 10.1 Å². The molecule has 0 bridgehead atoms. The van der Waals surface area contributed by atoms with Crippen LogP contribution in [0.25, 0.3) is 0 Å². The second-order valence-electron chi connectivity index (χ2n) is 2.09. The summed E-state index contributed by atoms with van der Waals surface area (Å²) in [5.74, 6) is 0. The summed E-state index contributed by atoms with van der Waals surface area (Å²) in [7, 11) is 0. The van der Waals surface area contributed by atoms with Gasteiger partial charge >= 0.3 is 0 Å². The molecule has 0 unspecified atom stereocenters. The topological polar surface area (TPSA) is 89.4 Å². The maximum atomic E-state index is 8.36. The second-order valence-corrected chi connectivity index (χ2v) is 2.09. The van der Waals surface area contributed by atoms with E-state index in [0.717, 1.165) is 6.54 Å². The third-order valence-corrected chi connectivity index (χ3v) is 1.06. The van der Waals surface area contributed by atoms with E-state index in [0.29, 0.717) is 0 Å². The molecular formula is C6H16N2O3Ru. The maximum Gasteiger partial charge on any atom is 0.291 e. The Labute approximate surface area is 85.2 Å². The van der Waals surface area contributed by atoms with Crippen LogP contribution < -0.4 is 5.73 Å². The van der Waals surface area contributed by atoms with Gasteiger partial charge in [0.2, 0.25) is 0 Å². The van der Waals surface area contributed by atoms with Gasteiger partial charge in [0.15, 0.2) is 0 Å². The van der Waals surface area contributed by atoms with Gasteiger partial charge in [0.1, 0.15) is 0 Å². The molecule has 76 valence electrons. The maximum absolute atomic E-state index is 8.36. The standard InChI is InChI=1S/C6H15N.HNO3.Ru/c1-2-3-4-5-6-7;2-1(3)4;/h2-7H2,1H3;(H,2,3,4);. The van der Waals surface area contributed by atoms with Gasteiger partial charge in [0.05, 0.1) is 0 Å². The van der Waals surface area contributed by atoms with Crippen molar-refractivity contribution in [2.24, 2.45) is 5.73 Å². The van der Waals surface area contributed by atoms with E-state index in [2.05, 4.69) is 6.92 Å². The predicted octanol–water partition coefficient (Wildman–Crippen LogP) is 1.18.